The Hall–Kier alpha value is -1.17. The fraction of sp³-hybridized carbons (Fsp3) is 0.957. The molecule has 3 heterocycles. The molecule has 3 aliphatic heterocycles. The predicted octanol–water partition coefficient (Wildman–Crippen LogP) is -7.83. The fourth-order valence-electron chi connectivity index (χ4n) is 5.85. The number of aliphatic hydroxyl groups is 6. The van der Waals surface area contributed by atoms with Crippen molar-refractivity contribution in [3.05, 3.63) is 0 Å². The lowest BCUT2D eigenvalue weighted by molar-refractivity contribution is -0.373. The maximum atomic E-state index is 11.7. The van der Waals surface area contributed by atoms with Crippen LogP contribution in [0, 0.1) is 0 Å². The number of carbonyl (C=O) groups is 1. The quantitative estimate of drug-likeness (QED) is 0.124. The molecule has 1 amide bonds. The van der Waals surface area contributed by atoms with Gasteiger partial charge in [-0.1, -0.05) is 0 Å². The van der Waals surface area contributed by atoms with Crippen LogP contribution in [0.25, 0.3) is 0 Å². The predicted molar refractivity (Wildman–Crippen MR) is 136 cm³/mol. The monoisotopic (exact) mass is 596 g/mol. The van der Waals surface area contributed by atoms with E-state index in [9.17, 15) is 35.4 Å². The molecule has 17 atom stereocenters. The average Bonchev–Trinajstić information content (AvgIpc) is 2.94. The molecule has 0 spiro atoms. The molecule has 11 unspecified atom stereocenters. The Balaban J connectivity index is 1.43. The smallest absolute Gasteiger partial charge is 0.234 e. The number of ether oxygens (including phenoxy) is 5. The Bertz CT molecular complexity index is 877. The molecule has 16 N–H and O–H groups in total. The van der Waals surface area contributed by atoms with Crippen LogP contribution in [0.4, 0.5) is 0 Å². The lowest BCUT2D eigenvalue weighted by Crippen LogP contribution is -2.70. The van der Waals surface area contributed by atoms with Gasteiger partial charge in [-0.3, -0.25) is 4.79 Å². The van der Waals surface area contributed by atoms with Crippen LogP contribution in [0.3, 0.4) is 0 Å². The first-order chi connectivity index (χ1) is 19.4. The summed E-state index contributed by atoms with van der Waals surface area (Å²) in [6.07, 6.45) is -14.7. The molecular formula is C23H44N6O12. The molecule has 0 aromatic rings. The highest BCUT2D eigenvalue weighted by Gasteiger charge is 2.54. The molecule has 41 heavy (non-hydrogen) atoms. The van der Waals surface area contributed by atoms with Gasteiger partial charge >= 0.3 is 0 Å². The number of likely N-dealkylation sites (N-methyl/N-ethyl adjacent to an activating group) is 1. The zero-order chi connectivity index (χ0) is 30.2. The third-order valence-electron chi connectivity index (χ3n) is 8.20. The Kier molecular flexibility index (Phi) is 10.9. The second-order valence-corrected chi connectivity index (χ2v) is 11.0. The van der Waals surface area contributed by atoms with Crippen molar-refractivity contribution in [2.24, 2.45) is 22.9 Å². The van der Waals surface area contributed by atoms with Crippen LogP contribution in [0.1, 0.15) is 12.8 Å². The standard InChI is InChI=1S/C23H44N6O12/c1-28-13-16(34)20-9(3-8(27)21(40-20)39-19-7(26)2-6(25)14(32)17(19)35)37-22(13)41-23-18(36)15(33)12(10(5-30)38-23)29-11(31)4-24/h6-10,12-23,28,30,32-36H,2-5,24-27H2,1H3,(H,29,31)/t6-,7?,8?,9+,10?,12-,13?,14?,15?,16?,17?,18?,19-,20?,21+,22?,23-/m1/s1. The molecule has 4 aliphatic rings. The molecule has 4 fully saturated rings. The summed E-state index contributed by atoms with van der Waals surface area (Å²) in [5.41, 5.74) is 23.5. The lowest BCUT2D eigenvalue weighted by Gasteiger charge is -2.51. The van der Waals surface area contributed by atoms with Crippen molar-refractivity contribution in [3.63, 3.8) is 0 Å². The number of hydrogen-bond acceptors (Lipinski definition) is 17. The zero-order valence-electron chi connectivity index (χ0n) is 22.6. The third kappa shape index (κ3) is 6.68. The van der Waals surface area contributed by atoms with Crippen molar-refractivity contribution in [1.29, 1.82) is 0 Å². The van der Waals surface area contributed by atoms with Crippen LogP contribution in [0.15, 0.2) is 0 Å². The Morgan fingerprint density at radius 1 is 0.805 bits per heavy atom. The number of carbonyl (C=O) groups excluding carboxylic acids is 1. The number of nitrogens with two attached hydrogens (primary N) is 4. The first-order valence-electron chi connectivity index (χ1n) is 13.6. The van der Waals surface area contributed by atoms with Crippen LogP contribution in [0.2, 0.25) is 0 Å². The molecule has 0 aromatic carbocycles. The minimum atomic E-state index is -1.67. The minimum absolute atomic E-state index is 0.117. The third-order valence-corrected chi connectivity index (χ3v) is 8.20. The van der Waals surface area contributed by atoms with Gasteiger partial charge in [0.25, 0.3) is 0 Å². The molecule has 18 nitrogen and oxygen atoms in total. The van der Waals surface area contributed by atoms with Crippen LogP contribution >= 0.6 is 0 Å². The Labute approximate surface area is 236 Å². The van der Waals surface area contributed by atoms with E-state index in [4.69, 9.17) is 46.6 Å². The van der Waals surface area contributed by atoms with Crippen LogP contribution in [-0.2, 0) is 28.5 Å². The van der Waals surface area contributed by atoms with Crippen molar-refractivity contribution >= 4 is 5.91 Å². The molecule has 4 rings (SSSR count). The molecule has 3 saturated heterocycles. The van der Waals surface area contributed by atoms with E-state index in [1.807, 2.05) is 0 Å². The van der Waals surface area contributed by atoms with E-state index in [0.29, 0.717) is 0 Å². The number of nitrogens with one attached hydrogen (secondary N) is 2. The van der Waals surface area contributed by atoms with E-state index in [2.05, 4.69) is 10.6 Å². The van der Waals surface area contributed by atoms with E-state index in [0.717, 1.165) is 0 Å². The van der Waals surface area contributed by atoms with Gasteiger partial charge in [-0.25, -0.2) is 0 Å². The summed E-state index contributed by atoms with van der Waals surface area (Å²) in [5, 5.41) is 68.2. The highest BCUT2D eigenvalue weighted by Crippen LogP contribution is 2.35. The van der Waals surface area contributed by atoms with Gasteiger partial charge in [-0.15, -0.1) is 0 Å². The summed E-state index contributed by atoms with van der Waals surface area (Å²) in [6, 6.07) is -4.32. The summed E-state index contributed by atoms with van der Waals surface area (Å²) in [5.74, 6) is -0.627. The second kappa shape index (κ2) is 13.6. The first kappa shape index (κ1) is 32.7. The van der Waals surface area contributed by atoms with Gasteiger partial charge in [0.05, 0.1) is 43.5 Å². The summed E-state index contributed by atoms with van der Waals surface area (Å²) in [7, 11) is 1.53. The fourth-order valence-corrected chi connectivity index (χ4v) is 5.85. The average molecular weight is 597 g/mol. The van der Waals surface area contributed by atoms with Gasteiger partial charge in [0.15, 0.2) is 18.9 Å². The summed E-state index contributed by atoms with van der Waals surface area (Å²) < 4.78 is 29.4. The van der Waals surface area contributed by atoms with Crippen molar-refractivity contribution in [2.45, 2.75) is 117 Å². The lowest BCUT2D eigenvalue weighted by atomic mass is 9.84. The highest BCUT2D eigenvalue weighted by atomic mass is 16.8. The Morgan fingerprint density at radius 3 is 2.15 bits per heavy atom. The molecular weight excluding hydrogens is 552 g/mol. The maximum absolute atomic E-state index is 11.7. The number of aliphatic hydroxyl groups excluding tert-OH is 6. The van der Waals surface area contributed by atoms with Gasteiger partial charge in [-0.05, 0) is 19.9 Å². The van der Waals surface area contributed by atoms with Gasteiger partial charge in [0.2, 0.25) is 5.91 Å². The number of rotatable bonds is 8. The van der Waals surface area contributed by atoms with Crippen LogP contribution in [0.5, 0.6) is 0 Å². The van der Waals surface area contributed by atoms with Crippen molar-refractivity contribution < 1.29 is 59.1 Å². The van der Waals surface area contributed by atoms with Crippen molar-refractivity contribution in [3.8, 4) is 0 Å². The summed E-state index contributed by atoms with van der Waals surface area (Å²) >= 11 is 0. The molecule has 18 heteroatoms. The van der Waals surface area contributed by atoms with Gasteiger partial charge in [-0.2, -0.15) is 0 Å². The van der Waals surface area contributed by atoms with E-state index < -0.39 is 117 Å². The Morgan fingerprint density at radius 2 is 1.51 bits per heavy atom. The van der Waals surface area contributed by atoms with E-state index in [1.165, 1.54) is 7.05 Å². The van der Waals surface area contributed by atoms with Crippen LogP contribution in [-0.4, -0.2) is 161 Å². The van der Waals surface area contributed by atoms with Gasteiger partial charge in [0.1, 0.15) is 42.7 Å². The number of fused-ring (bicyclic) bond motifs is 1. The van der Waals surface area contributed by atoms with Crippen LogP contribution < -0.4 is 33.6 Å². The SMILES string of the molecule is CNC1C(O[C@H]2OC(CO)[C@@H](NC(=O)CN)C(O)C2O)O[C@H]2CC(N)[C@@H](O[C@@H]3C(N)C[C@@H](N)C(O)C3O)OC2C1O. The maximum Gasteiger partial charge on any atom is 0.234 e. The molecule has 1 aliphatic carbocycles. The largest absolute Gasteiger partial charge is 0.394 e. The van der Waals surface area contributed by atoms with E-state index in [-0.39, 0.29) is 19.4 Å². The summed E-state index contributed by atoms with van der Waals surface area (Å²) in [6.45, 7) is -1.00. The molecule has 1 saturated carbocycles. The molecule has 0 radical (unpaired) electrons. The van der Waals surface area contributed by atoms with E-state index in [1.54, 1.807) is 0 Å². The topological polar surface area (TPSA) is 313 Å². The van der Waals surface area contributed by atoms with Crippen molar-refractivity contribution in [1.82, 2.24) is 10.6 Å². The summed E-state index contributed by atoms with van der Waals surface area (Å²) in [4.78, 5) is 11.7. The molecule has 238 valence electrons. The zero-order valence-corrected chi connectivity index (χ0v) is 22.6. The van der Waals surface area contributed by atoms with Crippen molar-refractivity contribution in [2.75, 3.05) is 20.2 Å². The van der Waals surface area contributed by atoms with E-state index >= 15 is 0 Å². The second-order valence-electron chi connectivity index (χ2n) is 11.0. The number of hydrogen-bond donors (Lipinski definition) is 12. The normalized spacial score (nSPS) is 50.7. The minimum Gasteiger partial charge on any atom is -0.394 e. The first-order valence-corrected chi connectivity index (χ1v) is 13.6. The molecule has 0 aromatic heterocycles. The highest BCUT2D eigenvalue weighted by molar-refractivity contribution is 5.78. The molecule has 0 bridgehead atoms. The van der Waals surface area contributed by atoms with Gasteiger partial charge in [0, 0.05) is 12.1 Å². The van der Waals surface area contributed by atoms with Gasteiger partial charge < -0.3 is 87.9 Å². The number of amides is 1.